The Labute approximate surface area is 171 Å². The molecule has 1 heterocycles. The summed E-state index contributed by atoms with van der Waals surface area (Å²) in [6.07, 6.45) is 4.77. The molecular formula is C20H14ClN3O4S. The first-order chi connectivity index (χ1) is 13.8. The highest BCUT2D eigenvalue weighted by Crippen LogP contribution is 2.30. The van der Waals surface area contributed by atoms with Gasteiger partial charge in [0.05, 0.1) is 11.9 Å². The van der Waals surface area contributed by atoms with Crippen LogP contribution in [-0.4, -0.2) is 24.5 Å². The molecule has 0 bridgehead atoms. The summed E-state index contributed by atoms with van der Waals surface area (Å²) in [7, 11) is -2.52. The van der Waals surface area contributed by atoms with Gasteiger partial charge in [-0.2, -0.15) is 12.8 Å². The minimum absolute atomic E-state index is 0.114. The van der Waals surface area contributed by atoms with Gasteiger partial charge in [0, 0.05) is 10.6 Å². The molecular weight excluding hydrogens is 414 g/mol. The first-order valence-electron chi connectivity index (χ1n) is 8.48. The Bertz CT molecular complexity index is 1310. The lowest BCUT2D eigenvalue weighted by molar-refractivity contribution is -0.670. The SMILES string of the molecule is C[n+]1ccn(C2=C([O-])c3ccccc3C(=O)C2=NS(=O)(=O)c2ccc(Cl)cc2)c1. The quantitative estimate of drug-likeness (QED) is 0.594. The number of rotatable bonds is 3. The number of carbonyl (C=O) groups is 1. The van der Waals surface area contributed by atoms with Crippen LogP contribution in [0.5, 0.6) is 0 Å². The van der Waals surface area contributed by atoms with Crippen LogP contribution >= 0.6 is 11.6 Å². The minimum atomic E-state index is -4.25. The molecule has 7 nitrogen and oxygen atoms in total. The van der Waals surface area contributed by atoms with Gasteiger partial charge in [-0.25, -0.2) is 9.13 Å². The van der Waals surface area contributed by atoms with E-state index >= 15 is 0 Å². The molecule has 0 radical (unpaired) electrons. The van der Waals surface area contributed by atoms with Gasteiger partial charge >= 0.3 is 0 Å². The average Bonchev–Trinajstić information content (AvgIpc) is 3.12. The fourth-order valence-corrected chi connectivity index (χ4v) is 4.16. The van der Waals surface area contributed by atoms with Crippen molar-refractivity contribution in [1.82, 2.24) is 4.57 Å². The number of aromatic nitrogens is 2. The lowest BCUT2D eigenvalue weighted by Crippen LogP contribution is -2.31. The molecule has 0 aliphatic heterocycles. The number of nitrogens with zero attached hydrogens (tertiary/aromatic N) is 3. The van der Waals surface area contributed by atoms with Crippen molar-refractivity contribution >= 4 is 44.6 Å². The summed E-state index contributed by atoms with van der Waals surface area (Å²) in [6.45, 7) is 0. The predicted molar refractivity (Wildman–Crippen MR) is 106 cm³/mol. The van der Waals surface area contributed by atoms with E-state index in [1.54, 1.807) is 42.5 Å². The Morgan fingerprint density at radius 3 is 2.34 bits per heavy atom. The monoisotopic (exact) mass is 427 g/mol. The average molecular weight is 428 g/mol. The van der Waals surface area contributed by atoms with E-state index in [4.69, 9.17) is 11.6 Å². The molecule has 1 aliphatic rings. The molecule has 0 saturated heterocycles. The van der Waals surface area contributed by atoms with Gasteiger partial charge in [-0.15, -0.1) is 0 Å². The normalized spacial score (nSPS) is 15.7. The van der Waals surface area contributed by atoms with E-state index in [0.29, 0.717) is 5.02 Å². The van der Waals surface area contributed by atoms with E-state index < -0.39 is 27.3 Å². The van der Waals surface area contributed by atoms with Gasteiger partial charge < -0.3 is 5.11 Å². The number of allylic oxidation sites excluding steroid dienone is 1. The molecule has 29 heavy (non-hydrogen) atoms. The number of hydrogen-bond acceptors (Lipinski definition) is 4. The smallest absolute Gasteiger partial charge is 0.283 e. The second kappa shape index (κ2) is 6.98. The highest BCUT2D eigenvalue weighted by Gasteiger charge is 2.33. The molecule has 4 rings (SSSR count). The van der Waals surface area contributed by atoms with E-state index in [1.165, 1.54) is 41.0 Å². The minimum Gasteiger partial charge on any atom is -0.869 e. The van der Waals surface area contributed by atoms with Gasteiger partial charge in [0.25, 0.3) is 10.0 Å². The molecule has 0 spiro atoms. The first-order valence-corrected chi connectivity index (χ1v) is 10.3. The second-order valence-corrected chi connectivity index (χ2v) is 8.45. The molecule has 3 aromatic rings. The van der Waals surface area contributed by atoms with Crippen LogP contribution in [0.3, 0.4) is 0 Å². The highest BCUT2D eigenvalue weighted by molar-refractivity contribution is 7.90. The lowest BCUT2D eigenvalue weighted by atomic mass is 9.91. The fraction of sp³-hybridized carbons (Fsp3) is 0.0500. The Balaban J connectivity index is 1.97. The third-order valence-electron chi connectivity index (χ3n) is 4.42. The third kappa shape index (κ3) is 3.37. The maximum Gasteiger partial charge on any atom is 0.283 e. The molecule has 0 saturated carbocycles. The molecule has 1 aromatic heterocycles. The van der Waals surface area contributed by atoms with Gasteiger partial charge in [-0.1, -0.05) is 35.9 Å². The van der Waals surface area contributed by atoms with E-state index in [9.17, 15) is 18.3 Å². The summed E-state index contributed by atoms with van der Waals surface area (Å²) in [6, 6.07) is 11.7. The number of hydrogen-bond donors (Lipinski definition) is 0. The summed E-state index contributed by atoms with van der Waals surface area (Å²) >= 11 is 5.82. The third-order valence-corrected chi connectivity index (χ3v) is 5.96. The molecule has 0 amide bonds. The van der Waals surface area contributed by atoms with Gasteiger partial charge in [0.2, 0.25) is 12.1 Å². The van der Waals surface area contributed by atoms with Crippen LogP contribution in [0.2, 0.25) is 5.02 Å². The van der Waals surface area contributed by atoms with E-state index in [0.717, 1.165) is 0 Å². The van der Waals surface area contributed by atoms with Crippen LogP contribution < -0.4 is 9.67 Å². The van der Waals surface area contributed by atoms with Crippen LogP contribution in [0, 0.1) is 0 Å². The summed E-state index contributed by atoms with van der Waals surface area (Å²) in [5, 5.41) is 13.5. The maximum atomic E-state index is 13.1. The molecule has 9 heteroatoms. The number of benzene rings is 2. The number of carbonyl (C=O) groups excluding carboxylic acids is 1. The van der Waals surface area contributed by atoms with Crippen molar-refractivity contribution in [3.8, 4) is 0 Å². The number of imidazole rings is 1. The summed E-state index contributed by atoms with van der Waals surface area (Å²) in [5.74, 6) is -1.12. The number of sulfonamides is 1. The molecule has 0 fully saturated rings. The number of aryl methyl sites for hydroxylation is 1. The molecule has 0 unspecified atom stereocenters. The first kappa shape index (κ1) is 19.1. The number of fused-ring (bicyclic) bond motifs is 1. The van der Waals surface area contributed by atoms with Crippen molar-refractivity contribution in [3.63, 3.8) is 0 Å². The van der Waals surface area contributed by atoms with Gasteiger partial charge in [0.15, 0.2) is 11.4 Å². The Morgan fingerprint density at radius 2 is 1.72 bits per heavy atom. The Hall–Kier alpha value is -3.23. The summed E-state index contributed by atoms with van der Waals surface area (Å²) < 4.78 is 32.5. The van der Waals surface area contributed by atoms with Gasteiger partial charge in [-0.05, 0) is 35.6 Å². The van der Waals surface area contributed by atoms with E-state index in [-0.39, 0.29) is 21.7 Å². The van der Waals surface area contributed by atoms with Crippen LogP contribution in [0.4, 0.5) is 0 Å². The fourth-order valence-electron chi connectivity index (χ4n) is 3.04. The number of Topliss-reactive ketones (excluding diaryl/α,β-unsaturated/α-hetero) is 1. The summed E-state index contributed by atoms with van der Waals surface area (Å²) in [4.78, 5) is 13.0. The van der Waals surface area contributed by atoms with Crippen molar-refractivity contribution in [2.75, 3.05) is 0 Å². The van der Waals surface area contributed by atoms with Crippen LogP contribution in [-0.2, 0) is 17.1 Å². The lowest BCUT2D eigenvalue weighted by Gasteiger charge is -2.24. The largest absolute Gasteiger partial charge is 0.869 e. The Kier molecular flexibility index (Phi) is 4.60. The maximum absolute atomic E-state index is 13.1. The van der Waals surface area contributed by atoms with Crippen molar-refractivity contribution < 1.29 is 22.9 Å². The second-order valence-electron chi connectivity index (χ2n) is 6.41. The molecule has 2 aromatic carbocycles. The standard InChI is InChI=1S/C20H14ClN3O4S/c1-23-10-11-24(12-23)18-17(19(25)15-4-2-3-5-16(15)20(18)26)22-29(27,28)14-8-6-13(21)7-9-14/h2-12H,1H3. The number of halogens is 1. The molecule has 0 N–H and O–H groups in total. The van der Waals surface area contributed by atoms with Crippen molar-refractivity contribution in [2.24, 2.45) is 11.4 Å². The zero-order chi connectivity index (χ0) is 20.8. The highest BCUT2D eigenvalue weighted by atomic mass is 35.5. The van der Waals surface area contributed by atoms with Crippen molar-refractivity contribution in [2.45, 2.75) is 4.90 Å². The van der Waals surface area contributed by atoms with Crippen molar-refractivity contribution in [1.29, 1.82) is 0 Å². The zero-order valence-electron chi connectivity index (χ0n) is 15.1. The van der Waals surface area contributed by atoms with E-state index in [2.05, 4.69) is 4.40 Å². The molecule has 146 valence electrons. The molecule has 1 aliphatic carbocycles. The van der Waals surface area contributed by atoms with Crippen molar-refractivity contribution in [3.05, 3.63) is 83.4 Å². The summed E-state index contributed by atoms with van der Waals surface area (Å²) in [5.41, 5.74) is -0.235. The Morgan fingerprint density at radius 1 is 1.07 bits per heavy atom. The van der Waals surface area contributed by atoms with Gasteiger partial charge in [0.1, 0.15) is 12.4 Å². The topological polar surface area (TPSA) is 95.4 Å². The van der Waals surface area contributed by atoms with E-state index in [1.807, 2.05) is 0 Å². The zero-order valence-corrected chi connectivity index (χ0v) is 16.7. The number of ketones is 1. The predicted octanol–water partition coefficient (Wildman–Crippen LogP) is 1.68. The van der Waals surface area contributed by atoms with Crippen LogP contribution in [0.25, 0.3) is 11.5 Å². The van der Waals surface area contributed by atoms with Gasteiger partial charge in [-0.3, -0.25) is 4.79 Å². The van der Waals surface area contributed by atoms with Crippen LogP contribution in [0.1, 0.15) is 15.9 Å². The molecule has 0 atom stereocenters. The van der Waals surface area contributed by atoms with Crippen LogP contribution in [0.15, 0.2) is 76.5 Å².